The molecule has 33 atom stereocenters. The molecule has 15 fully saturated rings. The minimum absolute atomic E-state index is 0. The number of piperidine rings is 3. The van der Waals surface area contributed by atoms with Crippen LogP contribution in [0.15, 0.2) is 92.5 Å². The number of nitrogens with one attached hydrogen (secondary N) is 4. The summed E-state index contributed by atoms with van der Waals surface area (Å²) in [6, 6.07) is 19.1. The first kappa shape index (κ1) is 111. The van der Waals surface area contributed by atoms with Crippen LogP contribution in [-0.2, 0) is 34.9 Å². The van der Waals surface area contributed by atoms with E-state index in [4.69, 9.17) is 6.47 Å². The van der Waals surface area contributed by atoms with E-state index < -0.39 is 42.1 Å². The second-order valence-corrected chi connectivity index (χ2v) is 52.9. The van der Waals surface area contributed by atoms with Crippen molar-refractivity contribution in [2.75, 3.05) is 73.6 Å². The summed E-state index contributed by atoms with van der Waals surface area (Å²) in [6.45, 7) is 38.2. The van der Waals surface area contributed by atoms with Gasteiger partial charge in [0.1, 0.15) is 0 Å². The number of aliphatic hydroxyl groups is 5. The normalized spacial score (nSPS) is 39.6. The van der Waals surface area contributed by atoms with Gasteiger partial charge in [-0.15, -0.1) is 0 Å². The number of carbonyl (C=O) groups is 2. The Kier molecular flexibility index (Phi) is 37.0. The number of isocyanates is 1. The molecule has 2 radical (unpaired) electrons. The van der Waals surface area contributed by atoms with Gasteiger partial charge < -0.3 is 50.9 Å². The summed E-state index contributed by atoms with van der Waals surface area (Å²) in [5.41, 5.74) is 4.33. The minimum atomic E-state index is -3.98. The molecule has 12 aliphatic carbocycles. The molecule has 3 saturated heterocycles. The molecule has 3 aromatic rings. The smallest absolute Gasteiger partial charge is 0.328 e. The number of anilines is 3. The monoisotopic (exact) mass is 2200 g/mol. The van der Waals surface area contributed by atoms with Crippen LogP contribution in [-0.4, -0.2) is 168 Å². The Bertz CT molecular complexity index is 4720. The van der Waals surface area contributed by atoms with Crippen LogP contribution in [0.3, 0.4) is 0 Å². The van der Waals surface area contributed by atoms with E-state index in [9.17, 15) is 65.2 Å². The standard InChI is InChI=1S/2C36H57N3O5S.C26H43NO2.C11H16N2O2S.CH4.BH.U/c2*1-5-27-31-21-25(40)15-17-36(31,4)30-16-18-35(3)28(13-14-29(35)32(30)33(27)41)23(2)22-37-34(42)38-45(43,44)26-11-9-24(10-12-26)39-19-7-6-8-20-39;1-6-18-22-13-16(2)9-11-26(22,5)21-10-12-25(4)19(17(3)14-27-15-28)7-8-20(25)23(21)24(18)29;12-16(14,15)11-6-4-10(5-7-11)13-8-2-1-3-9-13;;;/h2*9-12,23,25,27-33,40-41H,5-8,13-22H2,1-4H3,(H2,37,38,42);16-24,29H,6-14H2,1-5H3;4-7H,1-3,8-9H2,(H2,12,14,15);1H4;1H;/t2*23-,25-,27-,28-,29+,30+,31+,32+,33-,35-,36-;16-,17-,18-,19-,20+,21+,22+,23+,24-,25-,26-;;;;/m111..../s1/i;;;;;1D;. The van der Waals surface area contributed by atoms with Crippen LogP contribution in [0.25, 0.3) is 0 Å². The summed E-state index contributed by atoms with van der Waals surface area (Å²) in [7, 11) is -7.77. The fraction of sp³-hybridized carbons (Fsp3) is 0.809. The van der Waals surface area contributed by atoms with E-state index in [-0.39, 0.29) is 141 Å². The number of amides is 4. The van der Waals surface area contributed by atoms with Gasteiger partial charge in [-0.05, 0) is 423 Å². The number of nitrogens with zero attached hydrogens (tertiary/aromatic N) is 4. The summed E-state index contributed by atoms with van der Waals surface area (Å²) >= 11 is 0. The molecule has 4 amide bonds. The maximum atomic E-state index is 13.0. The number of urea groups is 2. The Balaban J connectivity index is 0.000000173. The van der Waals surface area contributed by atoms with Crippen LogP contribution in [0.2, 0.25) is 0 Å². The number of nitrogens with two attached hydrogens (primary N) is 1. The van der Waals surface area contributed by atoms with E-state index in [1.165, 1.54) is 77.0 Å². The molecule has 0 aromatic heterocycles. The van der Waals surface area contributed by atoms with Gasteiger partial charge in [-0.1, -0.05) is 123 Å². The molecule has 15 aliphatic rings. The van der Waals surface area contributed by atoms with Crippen LogP contribution in [0.5, 0.6) is 0 Å². The molecule has 12 saturated carbocycles. The van der Waals surface area contributed by atoms with Crippen LogP contribution < -0.4 is 39.9 Å². The van der Waals surface area contributed by atoms with Crippen molar-refractivity contribution in [3.8, 4) is 0 Å². The molecular weight excluding hydrogens is 2020 g/mol. The third-order valence-corrected chi connectivity index (χ3v) is 45.1. The number of aliphatic imine (C=N–C) groups is 1. The summed E-state index contributed by atoms with van der Waals surface area (Å²) in [6.07, 6.45) is 37.7. The molecule has 3 heterocycles. The summed E-state index contributed by atoms with van der Waals surface area (Å²) < 4.78 is 83.9. The molecule has 18 rings (SSSR count). The van der Waals surface area contributed by atoms with Crippen LogP contribution in [0, 0.1) is 194 Å². The van der Waals surface area contributed by atoms with Crippen molar-refractivity contribution in [2.24, 2.45) is 173 Å². The predicted octanol–water partition coefficient (Wildman–Crippen LogP) is 19.0. The SMILES string of the molecule is C.CC[C@H]1[C@@H](O)[C@@H]2[C@H](CC[C@]3(C)[C@@H]([C@H](C)CN=C=O)CC[C@@H]23)[C@@]2(C)CC[C@@H](C)C[C@@H]12.CC[C@H]1[C@@H](O)[C@@H]2[C@H](CC[C@]3(C)[C@@H]([C@H](C)CNC(=O)NS(=O)(=O)c4ccc(N5CCCCC5)cc4)CC[C@@H]23)[C@@]2(C)CC[C@@H](O)C[C@@H]12.CC[C@H]1[C@@H](O)[C@@H]2[C@H](CC[C@]3(C)[C@@H]([C@H](C)CNC(=O)NS(=O)(=O)c4ccc(N5CCCCC5)cc4)CC[C@@H]23)[C@@]2(C)CC[C@@H](O)C[C@@H]12.NS(=O)(=O)c1ccc(N2CCCCC2)cc1.[2H][B].[U]. The Morgan fingerprint density at radius 3 is 1.01 bits per heavy atom. The number of hydrogen-bond donors (Lipinski definition) is 10. The first-order chi connectivity index (χ1) is 65.1. The van der Waals surface area contributed by atoms with E-state index in [1.54, 1.807) is 42.5 Å². The molecular formula is C110H178BN9O14S3U. The fourth-order valence-corrected chi connectivity index (χ4v) is 36.9. The van der Waals surface area contributed by atoms with Gasteiger partial charge in [0.2, 0.25) is 16.1 Å². The second kappa shape index (κ2) is 46.0. The zero-order chi connectivity index (χ0) is 98.9. The van der Waals surface area contributed by atoms with Gasteiger partial charge in [-0.2, -0.15) is 0 Å². The molecule has 0 spiro atoms. The molecule has 3 aliphatic heterocycles. The quantitative estimate of drug-likeness (QED) is 0.0285. The van der Waals surface area contributed by atoms with E-state index in [1.807, 2.05) is 36.4 Å². The topological polar surface area (TPSA) is 351 Å². The number of benzene rings is 3. The van der Waals surface area contributed by atoms with E-state index in [0.29, 0.717) is 119 Å². The van der Waals surface area contributed by atoms with Gasteiger partial charge >= 0.3 is 12.1 Å². The number of primary sulfonamides is 1. The predicted molar refractivity (Wildman–Crippen MR) is 549 cm³/mol. The molecule has 28 heteroatoms. The van der Waals surface area contributed by atoms with Crippen molar-refractivity contribution in [3.63, 3.8) is 0 Å². The largest absolute Gasteiger partial charge is 0.393 e. The first-order valence-electron chi connectivity index (χ1n) is 54.3. The van der Waals surface area contributed by atoms with Gasteiger partial charge in [0.05, 0.1) is 51.8 Å². The number of sulfonamides is 3. The number of aliphatic hydroxyl groups excluding tert-OH is 5. The first-order valence-corrected chi connectivity index (χ1v) is 58.3. The number of carbonyl (C=O) groups excluding carboxylic acids is 3. The van der Waals surface area contributed by atoms with Crippen molar-refractivity contribution in [2.45, 2.75) is 355 Å². The average molecular weight is 2200 g/mol. The van der Waals surface area contributed by atoms with Crippen molar-refractivity contribution in [1.29, 1.82) is 1.34 Å². The molecule has 138 heavy (non-hydrogen) atoms. The van der Waals surface area contributed by atoms with Gasteiger partial charge in [0.25, 0.3) is 20.0 Å². The summed E-state index contributed by atoms with van der Waals surface area (Å²) in [5.74, 6) is 9.68. The second-order valence-electron chi connectivity index (χ2n) is 48.0. The Labute approximate surface area is 858 Å². The molecule has 772 valence electrons. The van der Waals surface area contributed by atoms with Crippen LogP contribution in [0.4, 0.5) is 26.7 Å². The summed E-state index contributed by atoms with van der Waals surface area (Å²) in [4.78, 5) is 47.5. The molecule has 0 unspecified atom stereocenters. The maximum absolute atomic E-state index is 13.0. The molecule has 3 aromatic carbocycles. The average Bonchev–Trinajstić information content (AvgIpc) is 1.65. The Morgan fingerprint density at radius 1 is 0.428 bits per heavy atom. The zero-order valence-corrected chi connectivity index (χ0v) is 91.9. The van der Waals surface area contributed by atoms with E-state index in [2.05, 4.69) is 138 Å². The zero-order valence-electron chi connectivity index (χ0n) is 86.3. The van der Waals surface area contributed by atoms with E-state index in [0.717, 1.165) is 197 Å². The van der Waals surface area contributed by atoms with Crippen LogP contribution >= 0.6 is 0 Å². The van der Waals surface area contributed by atoms with Crippen LogP contribution in [0.1, 0.15) is 309 Å². The number of fused-ring (bicyclic) bond motifs is 15. The third-order valence-electron chi connectivity index (χ3n) is 41.4. The van der Waals surface area contributed by atoms with Crippen molar-refractivity contribution in [1.82, 2.24) is 20.1 Å². The van der Waals surface area contributed by atoms with Gasteiger partial charge in [-0.3, -0.25) is 0 Å². The summed E-state index contributed by atoms with van der Waals surface area (Å²) in [5, 5.41) is 67.6. The molecule has 0 bridgehead atoms. The maximum Gasteiger partial charge on any atom is 0.328 e. The Hall–Kier alpha value is -4.29. The Morgan fingerprint density at radius 2 is 0.710 bits per heavy atom. The number of rotatable bonds is 20. The minimum Gasteiger partial charge on any atom is -0.393 e. The fourth-order valence-electron chi connectivity index (χ4n) is 34.5. The van der Waals surface area contributed by atoms with E-state index >= 15 is 0 Å². The third kappa shape index (κ3) is 22.4. The molecule has 23 nitrogen and oxygen atoms in total. The molecule has 11 N–H and O–H groups in total. The van der Waals surface area contributed by atoms with Crippen molar-refractivity contribution < 1.29 is 96.3 Å². The van der Waals surface area contributed by atoms with Gasteiger partial charge in [-0.25, -0.2) is 59.2 Å². The van der Waals surface area contributed by atoms with Gasteiger partial charge in [0.15, 0.2) is 0 Å². The number of hydrogen-bond acceptors (Lipinski definition) is 18. The van der Waals surface area contributed by atoms with Crippen molar-refractivity contribution in [3.05, 3.63) is 72.8 Å². The van der Waals surface area contributed by atoms with Gasteiger partial charge in [0, 0.05) is 109 Å². The van der Waals surface area contributed by atoms with Crippen molar-refractivity contribution >= 4 is 73.7 Å².